The van der Waals surface area contributed by atoms with E-state index in [1.807, 2.05) is 0 Å². The number of hydrogen-bond acceptors (Lipinski definition) is 1. The molecule has 0 atom stereocenters. The molecule has 4 rings (SSSR count). The lowest BCUT2D eigenvalue weighted by atomic mass is 9.90. The number of benzene rings is 2. The summed E-state index contributed by atoms with van der Waals surface area (Å²) in [6, 6.07) is 10.8. The highest BCUT2D eigenvalue weighted by atomic mass is 16.5. The highest BCUT2D eigenvalue weighted by Crippen LogP contribution is 2.47. The van der Waals surface area contributed by atoms with Crippen LogP contribution in [0.25, 0.3) is 22.0 Å². The van der Waals surface area contributed by atoms with E-state index in [9.17, 15) is 0 Å². The van der Waals surface area contributed by atoms with Crippen molar-refractivity contribution in [3.8, 4) is 22.8 Å². The van der Waals surface area contributed by atoms with Gasteiger partial charge in [0.05, 0.1) is 5.56 Å². The van der Waals surface area contributed by atoms with Gasteiger partial charge in [-0.1, -0.05) is 32.0 Å². The van der Waals surface area contributed by atoms with Crippen molar-refractivity contribution in [2.45, 2.75) is 33.6 Å². The van der Waals surface area contributed by atoms with Gasteiger partial charge in [-0.15, -0.1) is 0 Å². The normalized spacial score (nSPS) is 12.4. The average molecular weight is 304 g/mol. The molecule has 0 radical (unpaired) electrons. The highest BCUT2D eigenvalue weighted by Gasteiger charge is 2.30. The summed E-state index contributed by atoms with van der Waals surface area (Å²) in [7, 11) is 2.12. The Hall–Kier alpha value is -2.35. The Morgan fingerprint density at radius 1 is 1.04 bits per heavy atom. The molecule has 3 aromatic rings. The number of pyridine rings is 1. The SMILES string of the molecule is Cc1cc2cccc3c2c(c1C)-c1c(cc(C(C)C)c[n+]1C)O3. The smallest absolute Gasteiger partial charge is 0.256 e. The Morgan fingerprint density at radius 3 is 2.57 bits per heavy atom. The summed E-state index contributed by atoms with van der Waals surface area (Å²) in [5.74, 6) is 2.41. The van der Waals surface area contributed by atoms with Crippen LogP contribution in [-0.4, -0.2) is 0 Å². The maximum Gasteiger partial charge on any atom is 0.256 e. The fourth-order valence-electron chi connectivity index (χ4n) is 3.57. The summed E-state index contributed by atoms with van der Waals surface area (Å²) in [6.45, 7) is 8.84. The first-order valence-electron chi connectivity index (χ1n) is 8.22. The van der Waals surface area contributed by atoms with Crippen molar-refractivity contribution in [1.82, 2.24) is 0 Å². The maximum atomic E-state index is 6.30. The highest BCUT2D eigenvalue weighted by molar-refractivity contribution is 6.04. The minimum atomic E-state index is 0.478. The fourth-order valence-corrected chi connectivity index (χ4v) is 3.57. The topological polar surface area (TPSA) is 13.1 Å². The zero-order valence-corrected chi connectivity index (χ0v) is 14.4. The third-order valence-corrected chi connectivity index (χ3v) is 5.00. The second-order valence-corrected chi connectivity index (χ2v) is 6.90. The number of ether oxygens (including phenoxy) is 1. The molecule has 0 bridgehead atoms. The van der Waals surface area contributed by atoms with Gasteiger partial charge >= 0.3 is 0 Å². The zero-order chi connectivity index (χ0) is 16.3. The molecule has 0 saturated heterocycles. The summed E-state index contributed by atoms with van der Waals surface area (Å²) < 4.78 is 8.52. The van der Waals surface area contributed by atoms with E-state index < -0.39 is 0 Å². The summed E-state index contributed by atoms with van der Waals surface area (Å²) in [4.78, 5) is 0. The minimum absolute atomic E-state index is 0.478. The monoisotopic (exact) mass is 304 g/mol. The molecule has 1 aromatic heterocycles. The zero-order valence-electron chi connectivity index (χ0n) is 14.4. The molecule has 2 heterocycles. The van der Waals surface area contributed by atoms with Gasteiger partial charge in [0.2, 0.25) is 0 Å². The van der Waals surface area contributed by atoms with E-state index in [0.717, 1.165) is 11.5 Å². The molecule has 1 aliphatic heterocycles. The maximum absolute atomic E-state index is 6.30. The predicted molar refractivity (Wildman–Crippen MR) is 94.2 cm³/mol. The summed E-state index contributed by atoms with van der Waals surface area (Å²) >= 11 is 0. The second kappa shape index (κ2) is 4.82. The van der Waals surface area contributed by atoms with Gasteiger partial charge in [-0.25, -0.2) is 0 Å². The summed E-state index contributed by atoms with van der Waals surface area (Å²) in [5, 5.41) is 2.48. The van der Waals surface area contributed by atoms with Crippen molar-refractivity contribution in [3.63, 3.8) is 0 Å². The lowest BCUT2D eigenvalue weighted by molar-refractivity contribution is -0.661. The van der Waals surface area contributed by atoms with E-state index in [4.69, 9.17) is 4.74 Å². The first-order chi connectivity index (χ1) is 11.0. The van der Waals surface area contributed by atoms with Gasteiger partial charge in [-0.2, -0.15) is 4.57 Å². The van der Waals surface area contributed by atoms with Gasteiger partial charge in [-0.3, -0.25) is 0 Å². The van der Waals surface area contributed by atoms with Gasteiger partial charge in [-0.05, 0) is 48.4 Å². The van der Waals surface area contributed by atoms with Crippen LogP contribution in [0.2, 0.25) is 0 Å². The van der Waals surface area contributed by atoms with Crippen LogP contribution in [0.4, 0.5) is 0 Å². The molecule has 0 fully saturated rings. The van der Waals surface area contributed by atoms with Crippen molar-refractivity contribution < 1.29 is 9.30 Å². The van der Waals surface area contributed by atoms with Crippen LogP contribution in [-0.2, 0) is 7.05 Å². The molecular formula is C21H22NO+. The van der Waals surface area contributed by atoms with E-state index in [0.29, 0.717) is 5.92 Å². The molecule has 2 nitrogen and oxygen atoms in total. The molecule has 0 amide bonds. The van der Waals surface area contributed by atoms with Gasteiger partial charge in [0.15, 0.2) is 11.9 Å². The lowest BCUT2D eigenvalue weighted by Crippen LogP contribution is -2.33. The quantitative estimate of drug-likeness (QED) is 0.442. The number of nitrogens with zero attached hydrogens (tertiary/aromatic N) is 1. The minimum Gasteiger partial charge on any atom is -0.450 e. The number of hydrogen-bond donors (Lipinski definition) is 0. The molecule has 0 spiro atoms. The first-order valence-corrected chi connectivity index (χ1v) is 8.22. The molecule has 116 valence electrons. The molecule has 1 aliphatic rings. The van der Waals surface area contributed by atoms with Crippen LogP contribution < -0.4 is 9.30 Å². The molecule has 0 unspecified atom stereocenters. The van der Waals surface area contributed by atoms with E-state index in [1.165, 1.54) is 38.7 Å². The van der Waals surface area contributed by atoms with Crippen molar-refractivity contribution in [2.75, 3.05) is 0 Å². The van der Waals surface area contributed by atoms with Crippen LogP contribution in [0.1, 0.15) is 36.5 Å². The summed E-state index contributed by atoms with van der Waals surface area (Å²) in [5.41, 5.74) is 6.45. The molecule has 2 aromatic carbocycles. The lowest BCUT2D eigenvalue weighted by Gasteiger charge is -2.22. The molecule has 0 N–H and O–H groups in total. The Bertz CT molecular complexity index is 954. The molecule has 2 heteroatoms. The van der Waals surface area contributed by atoms with E-state index in [-0.39, 0.29) is 0 Å². The van der Waals surface area contributed by atoms with Crippen LogP contribution >= 0.6 is 0 Å². The standard InChI is InChI=1S/C21H22NO/c1-12(2)16-10-18-21(22(5)11-16)19-14(4)13(3)9-15-7-6-8-17(23-18)20(15)19/h6-12H,1-5H3/q+1. The van der Waals surface area contributed by atoms with Crippen LogP contribution in [0, 0.1) is 13.8 Å². The number of aryl methyl sites for hydroxylation is 2. The van der Waals surface area contributed by atoms with Crippen LogP contribution in [0.5, 0.6) is 11.5 Å². The number of fused-ring (bicyclic) bond motifs is 2. The van der Waals surface area contributed by atoms with Gasteiger partial charge < -0.3 is 4.74 Å². The van der Waals surface area contributed by atoms with Crippen molar-refractivity contribution in [1.29, 1.82) is 0 Å². The fraction of sp³-hybridized carbons (Fsp3) is 0.286. The van der Waals surface area contributed by atoms with Crippen LogP contribution in [0.3, 0.4) is 0 Å². The summed E-state index contributed by atoms with van der Waals surface area (Å²) in [6.07, 6.45) is 2.23. The Kier molecular flexibility index (Phi) is 2.99. The second-order valence-electron chi connectivity index (χ2n) is 6.90. The Morgan fingerprint density at radius 2 is 1.83 bits per heavy atom. The Balaban J connectivity index is 2.16. The third-order valence-electron chi connectivity index (χ3n) is 5.00. The van der Waals surface area contributed by atoms with Gasteiger partial charge in [0.25, 0.3) is 5.69 Å². The molecular weight excluding hydrogens is 282 g/mol. The molecule has 23 heavy (non-hydrogen) atoms. The first kappa shape index (κ1) is 14.3. The Labute approximate surface area is 137 Å². The van der Waals surface area contributed by atoms with Crippen molar-refractivity contribution in [3.05, 3.63) is 53.2 Å². The van der Waals surface area contributed by atoms with E-state index in [2.05, 4.69) is 75.8 Å². The van der Waals surface area contributed by atoms with E-state index >= 15 is 0 Å². The molecule has 0 saturated carbocycles. The number of aromatic nitrogens is 1. The van der Waals surface area contributed by atoms with Gasteiger partial charge in [0, 0.05) is 10.9 Å². The predicted octanol–water partition coefficient (Wildman–Crippen LogP) is 5.18. The average Bonchev–Trinajstić information content (AvgIpc) is 2.51. The van der Waals surface area contributed by atoms with Crippen molar-refractivity contribution in [2.24, 2.45) is 7.05 Å². The van der Waals surface area contributed by atoms with Crippen molar-refractivity contribution >= 4 is 10.8 Å². The van der Waals surface area contributed by atoms with Crippen LogP contribution in [0.15, 0.2) is 36.5 Å². The third kappa shape index (κ3) is 1.98. The van der Waals surface area contributed by atoms with E-state index in [1.54, 1.807) is 0 Å². The number of rotatable bonds is 1. The largest absolute Gasteiger partial charge is 0.450 e. The molecule has 0 aliphatic carbocycles. The van der Waals surface area contributed by atoms with Gasteiger partial charge in [0.1, 0.15) is 12.8 Å².